The van der Waals surface area contributed by atoms with Crippen LogP contribution in [0.1, 0.15) is 24.2 Å². The van der Waals surface area contributed by atoms with Crippen LogP contribution in [0.2, 0.25) is 0 Å². The highest BCUT2D eigenvalue weighted by Crippen LogP contribution is 2.18. The molecule has 0 saturated heterocycles. The van der Waals surface area contributed by atoms with Crippen LogP contribution in [0.15, 0.2) is 23.0 Å². The SMILES string of the molecule is Cc1ccc(N)cc1NC(=O)Cn1nc2n(c1=O)CCCC2. The van der Waals surface area contributed by atoms with Crippen molar-refractivity contribution in [2.24, 2.45) is 0 Å². The molecule has 3 rings (SSSR count). The Labute approximate surface area is 127 Å². The highest BCUT2D eigenvalue weighted by Gasteiger charge is 2.18. The summed E-state index contributed by atoms with van der Waals surface area (Å²) in [6.45, 7) is 2.48. The Bertz CT molecular complexity index is 775. The predicted molar refractivity (Wildman–Crippen MR) is 83.6 cm³/mol. The van der Waals surface area contributed by atoms with Crippen LogP contribution in [0.25, 0.3) is 0 Å². The van der Waals surface area contributed by atoms with Crippen molar-refractivity contribution in [2.75, 3.05) is 11.1 Å². The van der Waals surface area contributed by atoms with E-state index < -0.39 is 0 Å². The Balaban J connectivity index is 1.76. The molecule has 116 valence electrons. The second-order valence-electron chi connectivity index (χ2n) is 5.59. The van der Waals surface area contributed by atoms with E-state index in [0.29, 0.717) is 17.9 Å². The molecule has 1 aliphatic heterocycles. The molecule has 1 aliphatic rings. The van der Waals surface area contributed by atoms with Gasteiger partial charge in [-0.05, 0) is 37.5 Å². The van der Waals surface area contributed by atoms with Crippen LogP contribution in [-0.4, -0.2) is 20.3 Å². The molecule has 22 heavy (non-hydrogen) atoms. The Hall–Kier alpha value is -2.57. The fourth-order valence-electron chi connectivity index (χ4n) is 2.65. The first-order valence-electron chi connectivity index (χ1n) is 7.37. The monoisotopic (exact) mass is 301 g/mol. The number of nitrogens with two attached hydrogens (primary N) is 1. The summed E-state index contributed by atoms with van der Waals surface area (Å²) in [4.78, 5) is 24.3. The summed E-state index contributed by atoms with van der Waals surface area (Å²) in [5.74, 6) is 0.482. The minimum Gasteiger partial charge on any atom is -0.399 e. The number of carbonyl (C=O) groups is 1. The Morgan fingerprint density at radius 2 is 2.23 bits per heavy atom. The van der Waals surface area contributed by atoms with Crippen LogP contribution in [0, 0.1) is 6.92 Å². The lowest BCUT2D eigenvalue weighted by Gasteiger charge is -2.09. The number of hydrogen-bond donors (Lipinski definition) is 2. The maximum Gasteiger partial charge on any atom is 0.346 e. The smallest absolute Gasteiger partial charge is 0.346 e. The van der Waals surface area contributed by atoms with E-state index >= 15 is 0 Å². The summed E-state index contributed by atoms with van der Waals surface area (Å²) in [5.41, 5.74) is 7.66. The number of aromatic nitrogens is 3. The van der Waals surface area contributed by atoms with E-state index in [-0.39, 0.29) is 18.1 Å². The van der Waals surface area contributed by atoms with Crippen molar-refractivity contribution >= 4 is 17.3 Å². The summed E-state index contributed by atoms with van der Waals surface area (Å²) < 4.78 is 2.89. The van der Waals surface area contributed by atoms with Crippen molar-refractivity contribution in [2.45, 2.75) is 39.3 Å². The third-order valence-electron chi connectivity index (χ3n) is 3.86. The molecule has 0 aliphatic carbocycles. The number of aryl methyl sites for hydroxylation is 2. The molecule has 3 N–H and O–H groups in total. The zero-order chi connectivity index (χ0) is 15.7. The maximum atomic E-state index is 12.2. The molecule has 0 spiro atoms. The number of anilines is 2. The van der Waals surface area contributed by atoms with Gasteiger partial charge in [0.2, 0.25) is 5.91 Å². The van der Waals surface area contributed by atoms with Crippen LogP contribution >= 0.6 is 0 Å². The lowest BCUT2D eigenvalue weighted by molar-refractivity contribution is -0.117. The quantitative estimate of drug-likeness (QED) is 0.824. The van der Waals surface area contributed by atoms with Crippen molar-refractivity contribution in [3.63, 3.8) is 0 Å². The number of nitrogens with zero attached hydrogens (tertiary/aromatic N) is 3. The minimum atomic E-state index is -0.286. The molecule has 1 aromatic heterocycles. The molecule has 2 heterocycles. The number of amides is 1. The van der Waals surface area contributed by atoms with Gasteiger partial charge < -0.3 is 11.1 Å². The molecule has 0 radical (unpaired) electrons. The molecule has 2 aromatic rings. The van der Waals surface area contributed by atoms with Gasteiger partial charge in [-0.15, -0.1) is 0 Å². The van der Waals surface area contributed by atoms with Gasteiger partial charge in [0.05, 0.1) is 0 Å². The topological polar surface area (TPSA) is 94.9 Å². The molecule has 7 heteroatoms. The highest BCUT2D eigenvalue weighted by atomic mass is 16.2. The second-order valence-corrected chi connectivity index (χ2v) is 5.59. The van der Waals surface area contributed by atoms with Gasteiger partial charge >= 0.3 is 5.69 Å². The molecular weight excluding hydrogens is 282 g/mol. The van der Waals surface area contributed by atoms with Gasteiger partial charge in [-0.25, -0.2) is 9.48 Å². The van der Waals surface area contributed by atoms with E-state index in [4.69, 9.17) is 5.73 Å². The average Bonchev–Trinajstić information content (AvgIpc) is 2.80. The molecule has 0 fully saturated rings. The third kappa shape index (κ3) is 2.74. The zero-order valence-electron chi connectivity index (χ0n) is 12.5. The number of hydrogen-bond acceptors (Lipinski definition) is 4. The normalized spacial score (nSPS) is 13.7. The highest BCUT2D eigenvalue weighted by molar-refractivity contribution is 5.91. The van der Waals surface area contributed by atoms with Gasteiger partial charge in [0, 0.05) is 24.3 Å². The summed E-state index contributed by atoms with van der Waals surface area (Å²) in [7, 11) is 0. The maximum absolute atomic E-state index is 12.2. The first-order chi connectivity index (χ1) is 10.5. The number of rotatable bonds is 3. The third-order valence-corrected chi connectivity index (χ3v) is 3.86. The van der Waals surface area contributed by atoms with Gasteiger partial charge in [0.25, 0.3) is 0 Å². The van der Waals surface area contributed by atoms with Crippen LogP contribution in [0.4, 0.5) is 11.4 Å². The van der Waals surface area contributed by atoms with Crippen molar-refractivity contribution in [1.82, 2.24) is 14.3 Å². The molecule has 0 bridgehead atoms. The van der Waals surface area contributed by atoms with E-state index in [1.54, 1.807) is 16.7 Å². The molecule has 1 aromatic carbocycles. The minimum absolute atomic E-state index is 0.0902. The van der Waals surface area contributed by atoms with E-state index in [1.165, 1.54) is 4.68 Å². The number of nitrogen functional groups attached to an aromatic ring is 1. The fraction of sp³-hybridized carbons (Fsp3) is 0.400. The molecule has 0 atom stereocenters. The second kappa shape index (κ2) is 5.67. The number of fused-ring (bicyclic) bond motifs is 1. The van der Waals surface area contributed by atoms with Gasteiger partial charge in [0.1, 0.15) is 12.4 Å². The van der Waals surface area contributed by atoms with Crippen LogP contribution < -0.4 is 16.7 Å². The van der Waals surface area contributed by atoms with E-state index in [2.05, 4.69) is 10.4 Å². The first-order valence-corrected chi connectivity index (χ1v) is 7.37. The summed E-state index contributed by atoms with van der Waals surface area (Å²) >= 11 is 0. The largest absolute Gasteiger partial charge is 0.399 e. The summed E-state index contributed by atoms with van der Waals surface area (Å²) in [6, 6.07) is 5.32. The van der Waals surface area contributed by atoms with Gasteiger partial charge in [0.15, 0.2) is 0 Å². The van der Waals surface area contributed by atoms with Crippen LogP contribution in [-0.2, 0) is 24.3 Å². The molecule has 0 saturated carbocycles. The standard InChI is InChI=1S/C15H19N5O2/c1-10-5-6-11(16)8-12(10)17-14(21)9-20-15(22)19-7-3-2-4-13(19)18-20/h5-6,8H,2-4,7,9,16H2,1H3,(H,17,21). The summed E-state index contributed by atoms with van der Waals surface area (Å²) in [6.07, 6.45) is 2.80. The van der Waals surface area contributed by atoms with Crippen LogP contribution in [0.3, 0.4) is 0 Å². The average molecular weight is 301 g/mol. The van der Waals surface area contributed by atoms with Crippen molar-refractivity contribution in [1.29, 1.82) is 0 Å². The zero-order valence-corrected chi connectivity index (χ0v) is 12.5. The molecule has 0 unspecified atom stereocenters. The molecule has 1 amide bonds. The Morgan fingerprint density at radius 1 is 1.41 bits per heavy atom. The van der Waals surface area contributed by atoms with Crippen LogP contribution in [0.5, 0.6) is 0 Å². The van der Waals surface area contributed by atoms with E-state index in [0.717, 1.165) is 30.7 Å². The van der Waals surface area contributed by atoms with Crippen molar-refractivity contribution in [3.8, 4) is 0 Å². The van der Waals surface area contributed by atoms with Crippen molar-refractivity contribution < 1.29 is 4.79 Å². The fourth-order valence-corrected chi connectivity index (χ4v) is 2.65. The van der Waals surface area contributed by atoms with Gasteiger partial charge in [-0.3, -0.25) is 9.36 Å². The number of benzene rings is 1. The molecule has 7 nitrogen and oxygen atoms in total. The van der Waals surface area contributed by atoms with E-state index in [9.17, 15) is 9.59 Å². The predicted octanol–water partition coefficient (Wildman–Crippen LogP) is 0.910. The lowest BCUT2D eigenvalue weighted by Crippen LogP contribution is -2.31. The van der Waals surface area contributed by atoms with E-state index in [1.807, 2.05) is 13.0 Å². The summed E-state index contributed by atoms with van der Waals surface area (Å²) in [5, 5.41) is 7.03. The lowest BCUT2D eigenvalue weighted by atomic mass is 10.2. The van der Waals surface area contributed by atoms with Gasteiger partial charge in [-0.1, -0.05) is 6.07 Å². The molecular formula is C15H19N5O2. The number of nitrogens with one attached hydrogen (secondary N) is 1. The Morgan fingerprint density at radius 3 is 3.00 bits per heavy atom. The van der Waals surface area contributed by atoms with Crippen molar-refractivity contribution in [3.05, 3.63) is 40.1 Å². The van der Waals surface area contributed by atoms with Gasteiger partial charge in [-0.2, -0.15) is 5.10 Å². The first kappa shape index (κ1) is 14.4. The number of carbonyl (C=O) groups excluding carboxylic acids is 1. The Kier molecular flexibility index (Phi) is 3.70.